The molecular formula is C25H17Cl3N2O3S2. The molecule has 2 amide bonds. The molecule has 1 heterocycles. The number of carbonyl (C=O) groups excluding carboxylic acids is 2. The fourth-order valence-corrected chi connectivity index (χ4v) is 5.11. The average Bonchev–Trinajstić information content (AvgIpc) is 3.06. The molecule has 0 saturated carbocycles. The number of halogens is 3. The maximum Gasteiger partial charge on any atom is 0.285 e. The Balaban J connectivity index is 1.41. The third-order valence-corrected chi connectivity index (χ3v) is 7.17. The fourth-order valence-electron chi connectivity index (χ4n) is 3.14. The van der Waals surface area contributed by atoms with Crippen LogP contribution in [-0.4, -0.2) is 21.1 Å². The molecule has 0 atom stereocenters. The second-order valence-electron chi connectivity index (χ2n) is 7.53. The lowest BCUT2D eigenvalue weighted by atomic mass is 10.1. The molecule has 35 heavy (non-hydrogen) atoms. The summed E-state index contributed by atoms with van der Waals surface area (Å²) in [5.74, 6) is -0.299. The van der Waals surface area contributed by atoms with E-state index in [9.17, 15) is 9.59 Å². The molecule has 1 aliphatic heterocycles. The standard InChI is InChI=1S/C25H17Cl3N2O3S2/c1-14-2-9-19(21(28)10-14)23(31)29-30-24(32)22(35-25(30)34)11-15-3-7-18(8-4-15)33-13-16-5-6-17(26)12-20(16)27/h2-12H,13H2,1H3,(H,29,31)/b22-11+. The molecule has 1 saturated heterocycles. The number of hydrazine groups is 1. The number of aryl methyl sites for hydroxylation is 1. The summed E-state index contributed by atoms with van der Waals surface area (Å²) >= 11 is 24.7. The third kappa shape index (κ3) is 6.18. The summed E-state index contributed by atoms with van der Waals surface area (Å²) in [7, 11) is 0. The van der Waals surface area contributed by atoms with Crippen LogP contribution < -0.4 is 10.2 Å². The number of benzene rings is 3. The SMILES string of the molecule is Cc1ccc(C(=O)NN2C(=O)/C(=C\c3ccc(OCc4ccc(Cl)cc4Cl)cc3)SC2=S)c(Cl)c1. The Hall–Kier alpha value is -2.55. The van der Waals surface area contributed by atoms with Crippen LogP contribution in [0.15, 0.2) is 65.6 Å². The monoisotopic (exact) mass is 562 g/mol. The van der Waals surface area contributed by atoms with E-state index in [1.54, 1.807) is 48.5 Å². The maximum atomic E-state index is 12.9. The van der Waals surface area contributed by atoms with Gasteiger partial charge in [0.25, 0.3) is 11.8 Å². The summed E-state index contributed by atoms with van der Waals surface area (Å²) < 4.78 is 6.01. The van der Waals surface area contributed by atoms with Gasteiger partial charge in [-0.15, -0.1) is 0 Å². The van der Waals surface area contributed by atoms with Crippen molar-refractivity contribution in [1.82, 2.24) is 10.4 Å². The zero-order valence-electron chi connectivity index (χ0n) is 18.2. The van der Waals surface area contributed by atoms with Crippen molar-refractivity contribution in [3.8, 4) is 5.75 Å². The van der Waals surface area contributed by atoms with Gasteiger partial charge in [-0.1, -0.05) is 70.8 Å². The Morgan fingerprint density at radius 1 is 1.06 bits per heavy atom. The number of nitrogens with zero attached hydrogens (tertiary/aromatic N) is 1. The normalized spacial score (nSPS) is 14.5. The summed E-state index contributed by atoms with van der Waals surface area (Å²) in [6, 6.07) is 17.5. The molecule has 4 rings (SSSR count). The van der Waals surface area contributed by atoms with Crippen LogP contribution in [0.1, 0.15) is 27.0 Å². The Morgan fingerprint density at radius 3 is 2.49 bits per heavy atom. The highest BCUT2D eigenvalue weighted by atomic mass is 35.5. The van der Waals surface area contributed by atoms with Gasteiger partial charge in [0.2, 0.25) is 0 Å². The zero-order valence-corrected chi connectivity index (χ0v) is 22.1. The Bertz CT molecular complexity index is 1360. The lowest BCUT2D eigenvalue weighted by Gasteiger charge is -2.16. The summed E-state index contributed by atoms with van der Waals surface area (Å²) in [6.07, 6.45) is 1.70. The second-order valence-corrected chi connectivity index (χ2v) is 10.5. The van der Waals surface area contributed by atoms with Crippen molar-refractivity contribution in [2.24, 2.45) is 0 Å². The van der Waals surface area contributed by atoms with Crippen molar-refractivity contribution >= 4 is 81.0 Å². The predicted molar refractivity (Wildman–Crippen MR) is 146 cm³/mol. The number of nitrogens with one attached hydrogen (secondary N) is 1. The van der Waals surface area contributed by atoms with Crippen LogP contribution in [0.2, 0.25) is 15.1 Å². The Labute approximate surface area is 227 Å². The van der Waals surface area contributed by atoms with Gasteiger partial charge in [0.1, 0.15) is 12.4 Å². The smallest absolute Gasteiger partial charge is 0.285 e. The first-order chi connectivity index (χ1) is 16.7. The largest absolute Gasteiger partial charge is 0.489 e. The molecule has 0 unspecified atom stereocenters. The third-order valence-electron chi connectivity index (χ3n) is 4.96. The first-order valence-electron chi connectivity index (χ1n) is 10.2. The minimum Gasteiger partial charge on any atom is -0.489 e. The maximum absolute atomic E-state index is 12.9. The molecule has 1 aliphatic rings. The second kappa shape index (κ2) is 11.0. The van der Waals surface area contributed by atoms with Crippen LogP contribution >= 0.6 is 58.8 Å². The van der Waals surface area contributed by atoms with E-state index < -0.39 is 11.8 Å². The van der Waals surface area contributed by atoms with E-state index in [0.717, 1.165) is 33.5 Å². The van der Waals surface area contributed by atoms with Gasteiger partial charge in [0.15, 0.2) is 4.32 Å². The molecule has 3 aromatic carbocycles. The molecule has 5 nitrogen and oxygen atoms in total. The Morgan fingerprint density at radius 2 is 1.80 bits per heavy atom. The molecule has 0 aliphatic carbocycles. The number of rotatable bonds is 6. The van der Waals surface area contributed by atoms with Crippen molar-refractivity contribution in [3.05, 3.63) is 103 Å². The van der Waals surface area contributed by atoms with Crippen LogP contribution in [0, 0.1) is 6.92 Å². The summed E-state index contributed by atoms with van der Waals surface area (Å²) in [5.41, 5.74) is 5.31. The molecule has 0 bridgehead atoms. The molecule has 10 heteroatoms. The van der Waals surface area contributed by atoms with Crippen molar-refractivity contribution in [2.45, 2.75) is 13.5 Å². The molecule has 1 N–H and O–H groups in total. The number of hydrogen-bond acceptors (Lipinski definition) is 5. The van der Waals surface area contributed by atoms with E-state index in [0.29, 0.717) is 32.3 Å². The minimum atomic E-state index is -0.519. The summed E-state index contributed by atoms with van der Waals surface area (Å²) in [6.45, 7) is 2.16. The lowest BCUT2D eigenvalue weighted by Crippen LogP contribution is -2.44. The van der Waals surface area contributed by atoms with Gasteiger partial charge < -0.3 is 4.74 Å². The van der Waals surface area contributed by atoms with Gasteiger partial charge in [-0.05, 0) is 72.7 Å². The molecule has 3 aromatic rings. The number of hydrogen-bond donors (Lipinski definition) is 1. The van der Waals surface area contributed by atoms with E-state index in [1.807, 2.05) is 25.1 Å². The minimum absolute atomic E-state index is 0.220. The Kier molecular flexibility index (Phi) is 8.04. The van der Waals surface area contributed by atoms with Crippen molar-refractivity contribution in [2.75, 3.05) is 0 Å². The van der Waals surface area contributed by atoms with Crippen LogP contribution in [-0.2, 0) is 11.4 Å². The van der Waals surface area contributed by atoms with Gasteiger partial charge in [-0.3, -0.25) is 15.0 Å². The molecule has 0 spiro atoms. The average molecular weight is 564 g/mol. The quantitative estimate of drug-likeness (QED) is 0.256. The van der Waals surface area contributed by atoms with E-state index in [4.69, 9.17) is 51.8 Å². The van der Waals surface area contributed by atoms with Crippen LogP contribution in [0.25, 0.3) is 6.08 Å². The highest BCUT2D eigenvalue weighted by Gasteiger charge is 2.34. The number of thiocarbonyl (C=S) groups is 1. The highest BCUT2D eigenvalue weighted by molar-refractivity contribution is 8.26. The topological polar surface area (TPSA) is 58.6 Å². The van der Waals surface area contributed by atoms with Crippen molar-refractivity contribution in [1.29, 1.82) is 0 Å². The molecule has 0 aromatic heterocycles. The molecular weight excluding hydrogens is 547 g/mol. The lowest BCUT2D eigenvalue weighted by molar-refractivity contribution is -0.123. The first kappa shape index (κ1) is 25.5. The molecule has 0 radical (unpaired) electrons. The van der Waals surface area contributed by atoms with Gasteiger partial charge in [-0.25, -0.2) is 0 Å². The summed E-state index contributed by atoms with van der Waals surface area (Å²) in [4.78, 5) is 25.9. The van der Waals surface area contributed by atoms with E-state index in [1.165, 1.54) is 0 Å². The van der Waals surface area contributed by atoms with E-state index in [-0.39, 0.29) is 9.88 Å². The number of amides is 2. The fraction of sp³-hybridized carbons (Fsp3) is 0.0800. The van der Waals surface area contributed by atoms with Gasteiger partial charge >= 0.3 is 0 Å². The number of thioether (sulfide) groups is 1. The predicted octanol–water partition coefficient (Wildman–Crippen LogP) is 7.08. The van der Waals surface area contributed by atoms with Gasteiger partial charge in [0.05, 0.1) is 15.5 Å². The van der Waals surface area contributed by atoms with Crippen LogP contribution in [0.4, 0.5) is 0 Å². The van der Waals surface area contributed by atoms with E-state index in [2.05, 4.69) is 5.43 Å². The first-order valence-corrected chi connectivity index (χ1v) is 12.6. The van der Waals surface area contributed by atoms with Crippen LogP contribution in [0.5, 0.6) is 5.75 Å². The molecule has 178 valence electrons. The zero-order chi connectivity index (χ0) is 25.1. The molecule has 1 fully saturated rings. The van der Waals surface area contributed by atoms with Gasteiger partial charge in [-0.2, -0.15) is 5.01 Å². The van der Waals surface area contributed by atoms with Crippen molar-refractivity contribution in [3.63, 3.8) is 0 Å². The van der Waals surface area contributed by atoms with Crippen molar-refractivity contribution < 1.29 is 14.3 Å². The summed E-state index contributed by atoms with van der Waals surface area (Å²) in [5, 5.41) is 2.45. The number of carbonyl (C=O) groups is 2. The number of ether oxygens (including phenoxy) is 1. The van der Waals surface area contributed by atoms with E-state index >= 15 is 0 Å². The van der Waals surface area contributed by atoms with Crippen LogP contribution in [0.3, 0.4) is 0 Å². The van der Waals surface area contributed by atoms with Gasteiger partial charge in [0, 0.05) is 15.6 Å². The highest BCUT2D eigenvalue weighted by Crippen LogP contribution is 2.32.